The summed E-state index contributed by atoms with van der Waals surface area (Å²) in [5, 5.41) is 6.09. The van der Waals surface area contributed by atoms with E-state index < -0.39 is 11.6 Å². The molecule has 12 nitrogen and oxygen atoms in total. The Bertz CT molecular complexity index is 1310. The molecule has 2 saturated heterocycles. The summed E-state index contributed by atoms with van der Waals surface area (Å²) in [6.07, 6.45) is 5.54. The zero-order valence-corrected chi connectivity index (χ0v) is 19.9. The molecule has 188 valence electrons. The Morgan fingerprint density at radius 3 is 2.81 bits per heavy atom. The van der Waals surface area contributed by atoms with Crippen LogP contribution in [0.25, 0.3) is 11.2 Å². The Kier molecular flexibility index (Phi) is 5.61. The van der Waals surface area contributed by atoms with Gasteiger partial charge in [-0.1, -0.05) is 0 Å². The van der Waals surface area contributed by atoms with Crippen molar-refractivity contribution in [2.45, 2.75) is 25.1 Å². The molecule has 0 bridgehead atoms. The topological polar surface area (TPSA) is 144 Å². The highest BCUT2D eigenvalue weighted by Gasteiger charge is 2.44. The first-order chi connectivity index (χ1) is 17.5. The van der Waals surface area contributed by atoms with E-state index in [4.69, 9.17) is 24.6 Å². The number of morpholine rings is 1. The van der Waals surface area contributed by atoms with Gasteiger partial charge in [0.15, 0.2) is 11.4 Å². The number of pyridine rings is 2. The van der Waals surface area contributed by atoms with Crippen molar-refractivity contribution >= 4 is 34.7 Å². The lowest BCUT2D eigenvalue weighted by molar-refractivity contribution is -0.136. The van der Waals surface area contributed by atoms with Gasteiger partial charge in [0.2, 0.25) is 5.65 Å². The number of nitrogens with two attached hydrogens (primary N) is 1. The van der Waals surface area contributed by atoms with Crippen LogP contribution in [-0.2, 0) is 20.0 Å². The largest absolute Gasteiger partial charge is 0.461 e. The number of hydrogen-bond donors (Lipinski definition) is 3. The number of fused-ring (bicyclic) bond motifs is 1. The van der Waals surface area contributed by atoms with Crippen LogP contribution in [0.1, 0.15) is 17.7 Å². The molecule has 0 spiro atoms. The number of amides is 1. The lowest BCUT2D eigenvalue weighted by Gasteiger charge is -2.29. The fraction of sp³-hybridized carbons (Fsp3) is 0.417. The van der Waals surface area contributed by atoms with Crippen molar-refractivity contribution < 1.29 is 18.7 Å². The Hall–Kier alpha value is -3.90. The van der Waals surface area contributed by atoms with Crippen molar-refractivity contribution in [2.24, 2.45) is 5.73 Å². The van der Waals surface area contributed by atoms with Crippen molar-refractivity contribution in [1.82, 2.24) is 20.3 Å². The molecule has 6 rings (SSSR count). The number of rotatable bonds is 5. The van der Waals surface area contributed by atoms with E-state index in [-0.39, 0.29) is 6.04 Å². The molecule has 0 saturated carbocycles. The number of oxazole rings is 1. The van der Waals surface area contributed by atoms with E-state index >= 15 is 0 Å². The van der Waals surface area contributed by atoms with Crippen LogP contribution in [0.4, 0.5) is 17.5 Å². The van der Waals surface area contributed by atoms with Crippen molar-refractivity contribution in [3.05, 3.63) is 48.1 Å². The van der Waals surface area contributed by atoms with E-state index in [1.54, 1.807) is 24.5 Å². The summed E-state index contributed by atoms with van der Waals surface area (Å²) in [6.45, 7) is 5.81. The number of nitrogens with one attached hydrogen (secondary N) is 2. The minimum atomic E-state index is -1.44. The molecule has 0 aliphatic carbocycles. The molecule has 3 aromatic rings. The second-order valence-corrected chi connectivity index (χ2v) is 9.16. The second kappa shape index (κ2) is 8.95. The van der Waals surface area contributed by atoms with E-state index in [1.165, 1.54) is 6.26 Å². The first kappa shape index (κ1) is 22.6. The fourth-order valence-corrected chi connectivity index (χ4v) is 4.74. The van der Waals surface area contributed by atoms with E-state index in [0.717, 1.165) is 18.7 Å². The van der Waals surface area contributed by atoms with E-state index in [9.17, 15) is 4.79 Å². The van der Waals surface area contributed by atoms with Crippen LogP contribution in [0, 0.1) is 6.92 Å². The number of nitrogens with zero attached hydrogens (tertiary/aromatic N) is 5. The summed E-state index contributed by atoms with van der Waals surface area (Å²) in [4.78, 5) is 31.5. The molecular weight excluding hydrogens is 464 g/mol. The summed E-state index contributed by atoms with van der Waals surface area (Å²) in [5.74, 6) is 0.189. The lowest BCUT2D eigenvalue weighted by atomic mass is 10.0. The van der Waals surface area contributed by atoms with Gasteiger partial charge in [0.05, 0.1) is 18.9 Å². The Morgan fingerprint density at radius 1 is 1.22 bits per heavy atom. The molecule has 4 N–H and O–H groups in total. The van der Waals surface area contributed by atoms with E-state index in [0.29, 0.717) is 67.2 Å². The molecule has 1 unspecified atom stereocenters. The summed E-state index contributed by atoms with van der Waals surface area (Å²) >= 11 is 0. The van der Waals surface area contributed by atoms with Crippen LogP contribution in [0.15, 0.2) is 41.3 Å². The highest BCUT2D eigenvalue weighted by Crippen LogP contribution is 2.35. The van der Waals surface area contributed by atoms with E-state index in [1.807, 2.05) is 17.9 Å². The zero-order chi connectivity index (χ0) is 24.7. The number of aromatic nitrogens is 3. The van der Waals surface area contributed by atoms with Crippen LogP contribution in [0.3, 0.4) is 0 Å². The molecule has 1 amide bonds. The van der Waals surface area contributed by atoms with Crippen molar-refractivity contribution in [3.63, 3.8) is 0 Å². The van der Waals surface area contributed by atoms with Crippen LogP contribution in [-0.4, -0.2) is 66.3 Å². The predicted molar refractivity (Wildman–Crippen MR) is 132 cm³/mol. The average Bonchev–Trinajstić information content (AvgIpc) is 3.64. The Labute approximate surface area is 207 Å². The average molecular weight is 493 g/mol. The summed E-state index contributed by atoms with van der Waals surface area (Å²) in [6, 6.07) is 5.85. The fourth-order valence-electron chi connectivity index (χ4n) is 4.74. The monoisotopic (exact) mass is 492 g/mol. The zero-order valence-electron chi connectivity index (χ0n) is 19.9. The third-order valence-corrected chi connectivity index (χ3v) is 6.63. The number of anilines is 3. The molecular formula is C24H28N8O4. The van der Waals surface area contributed by atoms with Crippen LogP contribution in [0.5, 0.6) is 0 Å². The molecule has 0 radical (unpaired) electrons. The SMILES string of the molecule is Cc1cc([C@@]2(C(=O)Nc3cc4oc(N5CCOCC5)nc4nc3N3CCC(N)C3)NC=CO2)ccn1. The van der Waals surface area contributed by atoms with Crippen molar-refractivity contribution in [2.75, 3.05) is 54.5 Å². The Balaban J connectivity index is 1.38. The molecule has 6 heterocycles. The van der Waals surface area contributed by atoms with Gasteiger partial charge < -0.3 is 40.1 Å². The minimum absolute atomic E-state index is 0.0300. The summed E-state index contributed by atoms with van der Waals surface area (Å²) < 4.78 is 17.3. The first-order valence-corrected chi connectivity index (χ1v) is 12.0. The molecule has 3 aliphatic heterocycles. The number of carbonyl (C=O) groups excluding carboxylic acids is 1. The van der Waals surface area contributed by atoms with Gasteiger partial charge in [0.25, 0.3) is 17.6 Å². The smallest absolute Gasteiger partial charge is 0.300 e. The lowest BCUT2D eigenvalue weighted by Crippen LogP contribution is -2.49. The molecule has 12 heteroatoms. The summed E-state index contributed by atoms with van der Waals surface area (Å²) in [7, 11) is 0. The van der Waals surface area contributed by atoms with Gasteiger partial charge in [0, 0.05) is 61.9 Å². The van der Waals surface area contributed by atoms with Crippen molar-refractivity contribution in [1.29, 1.82) is 0 Å². The Morgan fingerprint density at radius 2 is 2.08 bits per heavy atom. The standard InChI is InChI=1S/C24H28N8O4/c1-15-12-16(2-4-26-15)24(27-5-9-35-24)22(33)28-18-13-19-20(29-21(18)32-6-3-17(25)14-32)30-23(36-19)31-7-10-34-11-8-31/h2,4-5,9,12-13,17,27H,3,6-8,10-11,14,25H2,1H3,(H,28,33)/t17?,24-/m1/s1. The molecule has 2 atom stereocenters. The minimum Gasteiger partial charge on any atom is -0.461 e. The van der Waals surface area contributed by atoms with Gasteiger partial charge in [-0.2, -0.15) is 4.98 Å². The molecule has 2 fully saturated rings. The second-order valence-electron chi connectivity index (χ2n) is 9.16. The van der Waals surface area contributed by atoms with Crippen LogP contribution >= 0.6 is 0 Å². The molecule has 0 aromatic carbocycles. The van der Waals surface area contributed by atoms with Crippen molar-refractivity contribution in [3.8, 4) is 0 Å². The highest BCUT2D eigenvalue weighted by atomic mass is 16.5. The third kappa shape index (κ3) is 3.97. The molecule has 3 aliphatic rings. The van der Waals surface area contributed by atoms with Gasteiger partial charge >= 0.3 is 0 Å². The van der Waals surface area contributed by atoms with Crippen LogP contribution < -0.4 is 26.2 Å². The summed E-state index contributed by atoms with van der Waals surface area (Å²) in [5.41, 5.74) is 7.59. The maximum Gasteiger partial charge on any atom is 0.300 e. The van der Waals surface area contributed by atoms with Gasteiger partial charge in [-0.3, -0.25) is 9.78 Å². The van der Waals surface area contributed by atoms with Gasteiger partial charge in [-0.15, -0.1) is 0 Å². The highest BCUT2D eigenvalue weighted by molar-refractivity contribution is 6.01. The maximum absolute atomic E-state index is 13.8. The number of aryl methyl sites for hydroxylation is 1. The predicted octanol–water partition coefficient (Wildman–Crippen LogP) is 1.18. The number of hydrogen-bond acceptors (Lipinski definition) is 11. The quantitative estimate of drug-likeness (QED) is 0.472. The van der Waals surface area contributed by atoms with Gasteiger partial charge in [-0.05, 0) is 25.5 Å². The molecule has 36 heavy (non-hydrogen) atoms. The maximum atomic E-state index is 13.8. The molecule has 3 aromatic heterocycles. The number of ether oxygens (including phenoxy) is 2. The van der Waals surface area contributed by atoms with Crippen LogP contribution in [0.2, 0.25) is 0 Å². The third-order valence-electron chi connectivity index (χ3n) is 6.63. The normalized spacial score (nSPS) is 23.7. The number of carbonyl (C=O) groups is 1. The van der Waals surface area contributed by atoms with Gasteiger partial charge in [0.1, 0.15) is 6.26 Å². The van der Waals surface area contributed by atoms with E-state index in [2.05, 4.69) is 25.5 Å². The first-order valence-electron chi connectivity index (χ1n) is 12.0. The van der Waals surface area contributed by atoms with Gasteiger partial charge in [-0.25, -0.2) is 4.98 Å².